The van der Waals surface area contributed by atoms with Gasteiger partial charge in [0.25, 0.3) is 0 Å². The Morgan fingerprint density at radius 2 is 1.55 bits per heavy atom. The highest BCUT2D eigenvalue weighted by Crippen LogP contribution is 2.30. The van der Waals surface area contributed by atoms with E-state index in [-0.39, 0.29) is 5.60 Å². The Balaban J connectivity index is 4.81. The van der Waals surface area contributed by atoms with Crippen molar-refractivity contribution in [1.82, 2.24) is 0 Å². The highest BCUT2D eigenvalue weighted by Gasteiger charge is 2.46. The van der Waals surface area contributed by atoms with E-state index in [0.717, 1.165) is 6.42 Å². The fraction of sp³-hybridized carbons (Fsp3) is 0.882. The first-order chi connectivity index (χ1) is 10.1. The molecule has 5 heteroatoms. The first-order valence-corrected chi connectivity index (χ1v) is 8.15. The molecule has 0 bridgehead atoms. The van der Waals surface area contributed by atoms with E-state index in [2.05, 4.69) is 0 Å². The lowest BCUT2D eigenvalue weighted by Crippen LogP contribution is -2.43. The molecule has 0 aliphatic carbocycles. The van der Waals surface area contributed by atoms with Gasteiger partial charge in [-0.1, -0.05) is 20.8 Å². The summed E-state index contributed by atoms with van der Waals surface area (Å²) < 4.78 is 16.2. The van der Waals surface area contributed by atoms with Gasteiger partial charge in [-0.15, -0.1) is 0 Å². The third-order valence-electron chi connectivity index (χ3n) is 3.49. The molecule has 22 heavy (non-hydrogen) atoms. The van der Waals surface area contributed by atoms with E-state index in [1.54, 1.807) is 20.8 Å². The summed E-state index contributed by atoms with van der Waals surface area (Å²) in [5, 5.41) is 0. The van der Waals surface area contributed by atoms with Gasteiger partial charge in [0.15, 0.2) is 5.41 Å². The first-order valence-electron chi connectivity index (χ1n) is 8.15. The van der Waals surface area contributed by atoms with Crippen LogP contribution in [0, 0.1) is 5.41 Å². The lowest BCUT2D eigenvalue weighted by atomic mass is 9.82. The van der Waals surface area contributed by atoms with Crippen LogP contribution in [0.25, 0.3) is 0 Å². The average molecular weight is 316 g/mol. The van der Waals surface area contributed by atoms with E-state index in [1.165, 1.54) is 0 Å². The van der Waals surface area contributed by atoms with Gasteiger partial charge < -0.3 is 14.2 Å². The van der Waals surface area contributed by atoms with Crippen LogP contribution in [0.5, 0.6) is 0 Å². The quantitative estimate of drug-likeness (QED) is 0.481. The minimum absolute atomic E-state index is 0.294. The molecule has 1 unspecified atom stereocenters. The molecule has 0 radical (unpaired) electrons. The van der Waals surface area contributed by atoms with Gasteiger partial charge in [0.05, 0.1) is 18.8 Å². The molecular weight excluding hydrogens is 284 g/mol. The Labute approximate surface area is 134 Å². The molecule has 1 atom stereocenters. The Hall–Kier alpha value is -1.10. The fourth-order valence-corrected chi connectivity index (χ4v) is 1.94. The fourth-order valence-electron chi connectivity index (χ4n) is 1.94. The van der Waals surface area contributed by atoms with Crippen LogP contribution in [0.1, 0.15) is 67.7 Å². The Bertz CT molecular complexity index is 353. The van der Waals surface area contributed by atoms with Crippen LogP contribution in [0.4, 0.5) is 0 Å². The van der Waals surface area contributed by atoms with Crippen molar-refractivity contribution < 1.29 is 23.8 Å². The maximum absolute atomic E-state index is 12.5. The summed E-state index contributed by atoms with van der Waals surface area (Å²) in [5.74, 6) is -1.02. The molecule has 0 aromatic carbocycles. The normalized spacial score (nSPS) is 13.6. The summed E-state index contributed by atoms with van der Waals surface area (Å²) in [7, 11) is 0. The highest BCUT2D eigenvalue weighted by atomic mass is 16.6. The molecule has 0 fully saturated rings. The van der Waals surface area contributed by atoms with Crippen LogP contribution in [-0.4, -0.2) is 36.9 Å². The van der Waals surface area contributed by atoms with E-state index < -0.39 is 23.5 Å². The third kappa shape index (κ3) is 6.34. The van der Waals surface area contributed by atoms with E-state index in [1.807, 2.05) is 27.7 Å². The predicted molar refractivity (Wildman–Crippen MR) is 85.5 cm³/mol. The summed E-state index contributed by atoms with van der Waals surface area (Å²) >= 11 is 0. The molecule has 0 saturated heterocycles. The Morgan fingerprint density at radius 3 is 1.95 bits per heavy atom. The van der Waals surface area contributed by atoms with E-state index in [4.69, 9.17) is 14.2 Å². The van der Waals surface area contributed by atoms with Crippen LogP contribution < -0.4 is 0 Å². The van der Waals surface area contributed by atoms with Gasteiger partial charge in [0, 0.05) is 0 Å². The molecule has 0 aliphatic rings. The van der Waals surface area contributed by atoms with Crippen LogP contribution in [0.2, 0.25) is 0 Å². The number of carbonyl (C=O) groups excluding carboxylic acids is 2. The number of hydrogen-bond acceptors (Lipinski definition) is 5. The predicted octanol–water partition coefficient (Wildman–Crippen LogP) is 3.49. The van der Waals surface area contributed by atoms with Crippen LogP contribution in [-0.2, 0) is 23.8 Å². The van der Waals surface area contributed by atoms with Crippen LogP contribution >= 0.6 is 0 Å². The molecule has 130 valence electrons. The molecule has 0 heterocycles. The highest BCUT2D eigenvalue weighted by molar-refractivity contribution is 6.00. The summed E-state index contributed by atoms with van der Waals surface area (Å²) in [6.07, 6.45) is 1.03. The molecule has 0 aromatic heterocycles. The Morgan fingerprint density at radius 1 is 1.00 bits per heavy atom. The topological polar surface area (TPSA) is 61.8 Å². The van der Waals surface area contributed by atoms with Crippen molar-refractivity contribution in [2.75, 3.05) is 13.2 Å². The van der Waals surface area contributed by atoms with Gasteiger partial charge in [0.1, 0.15) is 6.10 Å². The van der Waals surface area contributed by atoms with Crippen molar-refractivity contribution in [2.24, 2.45) is 5.41 Å². The van der Waals surface area contributed by atoms with E-state index in [0.29, 0.717) is 26.1 Å². The summed E-state index contributed by atoms with van der Waals surface area (Å²) in [6, 6.07) is 0. The van der Waals surface area contributed by atoms with Crippen LogP contribution in [0.15, 0.2) is 0 Å². The smallest absolute Gasteiger partial charge is 0.323 e. The van der Waals surface area contributed by atoms with Gasteiger partial charge in [-0.05, 0) is 47.0 Å². The third-order valence-corrected chi connectivity index (χ3v) is 3.49. The number of carbonyl (C=O) groups is 2. The molecule has 0 amide bonds. The lowest BCUT2D eigenvalue weighted by molar-refractivity contribution is -0.179. The molecule has 0 rings (SSSR count). The number of esters is 2. The van der Waals surface area contributed by atoms with Gasteiger partial charge in [0.2, 0.25) is 0 Å². The van der Waals surface area contributed by atoms with E-state index in [9.17, 15) is 9.59 Å². The molecule has 0 N–H and O–H groups in total. The molecule has 5 nitrogen and oxygen atoms in total. The van der Waals surface area contributed by atoms with Gasteiger partial charge >= 0.3 is 11.9 Å². The summed E-state index contributed by atoms with van der Waals surface area (Å²) in [4.78, 5) is 24.8. The first kappa shape index (κ1) is 20.9. The maximum atomic E-state index is 12.5. The number of hydrogen-bond donors (Lipinski definition) is 0. The second-order valence-electron chi connectivity index (χ2n) is 6.56. The lowest BCUT2D eigenvalue weighted by Gasteiger charge is -2.29. The molecule has 0 aliphatic heterocycles. The van der Waals surface area contributed by atoms with Gasteiger partial charge in [-0.3, -0.25) is 9.59 Å². The summed E-state index contributed by atoms with van der Waals surface area (Å²) in [6.45, 7) is 13.7. The largest absolute Gasteiger partial charge is 0.465 e. The summed E-state index contributed by atoms with van der Waals surface area (Å²) in [5.41, 5.74) is -1.52. The molecule has 0 aromatic rings. The van der Waals surface area contributed by atoms with Crippen molar-refractivity contribution in [3.05, 3.63) is 0 Å². The second-order valence-corrected chi connectivity index (χ2v) is 6.56. The maximum Gasteiger partial charge on any atom is 0.323 e. The molecular formula is C17H32O5. The van der Waals surface area contributed by atoms with Gasteiger partial charge in [-0.2, -0.15) is 0 Å². The van der Waals surface area contributed by atoms with Crippen molar-refractivity contribution in [3.8, 4) is 0 Å². The zero-order chi connectivity index (χ0) is 17.4. The van der Waals surface area contributed by atoms with Crippen molar-refractivity contribution >= 4 is 11.9 Å². The SMILES string of the molecule is CCCOC(=O)C(CC)(CC)C(=O)OC(C)COC(C)(C)C. The van der Waals surface area contributed by atoms with Crippen molar-refractivity contribution in [1.29, 1.82) is 0 Å². The van der Waals surface area contributed by atoms with Gasteiger partial charge in [-0.25, -0.2) is 0 Å². The van der Waals surface area contributed by atoms with Crippen LogP contribution in [0.3, 0.4) is 0 Å². The standard InChI is InChI=1S/C17H32O5/c1-8-11-20-14(18)17(9-2,10-3)15(19)22-13(4)12-21-16(5,6)7/h13H,8-12H2,1-7H3. The minimum atomic E-state index is -1.22. The zero-order valence-corrected chi connectivity index (χ0v) is 15.2. The average Bonchev–Trinajstić information content (AvgIpc) is 2.44. The number of ether oxygens (including phenoxy) is 3. The second kappa shape index (κ2) is 9.13. The van der Waals surface area contributed by atoms with Crippen molar-refractivity contribution in [3.63, 3.8) is 0 Å². The number of rotatable bonds is 9. The Kier molecular flexibility index (Phi) is 8.68. The zero-order valence-electron chi connectivity index (χ0n) is 15.2. The molecule has 0 saturated carbocycles. The monoisotopic (exact) mass is 316 g/mol. The molecule has 0 spiro atoms. The van der Waals surface area contributed by atoms with Crippen molar-refractivity contribution in [2.45, 2.75) is 79.4 Å². The van der Waals surface area contributed by atoms with E-state index >= 15 is 0 Å². The minimum Gasteiger partial charge on any atom is -0.465 e.